The third-order valence-electron chi connectivity index (χ3n) is 6.54. The molecule has 9 heteroatoms. The van der Waals surface area contributed by atoms with Gasteiger partial charge in [0.05, 0.1) is 29.1 Å². The highest BCUT2D eigenvalue weighted by molar-refractivity contribution is 7.59. The van der Waals surface area contributed by atoms with Crippen LogP contribution in [0.15, 0.2) is 30.5 Å². The number of amides is 1. The Labute approximate surface area is 204 Å². The quantitative estimate of drug-likeness (QED) is 0.662. The van der Waals surface area contributed by atoms with Gasteiger partial charge in [-0.05, 0) is 72.3 Å². The van der Waals surface area contributed by atoms with Gasteiger partial charge in [0.15, 0.2) is 0 Å². The monoisotopic (exact) mass is 473 g/mol. The molecule has 1 N–H and O–H groups in total. The van der Waals surface area contributed by atoms with Crippen LogP contribution >= 0.6 is 13.5 Å². The molecule has 1 aromatic heterocycles. The third-order valence-corrected chi connectivity index (χ3v) is 6.54. The standard InChI is InChI=1S/C24H34BN3O4.H2S/c1-22(2,3)30-21(29)28-14-8-9-19(28)20-26-15-18(27-20)16-10-12-17(13-11-16)25-31-23(4,5)24(6,7)32-25;/h10-13,15,19H,8-9,14H2,1-7H3,(H,26,27);1H2/t19-;/m0./s1. The van der Waals surface area contributed by atoms with E-state index in [-0.39, 0.29) is 44.0 Å². The zero-order valence-electron chi connectivity index (χ0n) is 20.7. The number of carbonyl (C=O) groups excluding carboxylic acids is 1. The lowest BCUT2D eigenvalue weighted by Crippen LogP contribution is -2.41. The van der Waals surface area contributed by atoms with Gasteiger partial charge in [-0.15, -0.1) is 0 Å². The Morgan fingerprint density at radius 2 is 1.76 bits per heavy atom. The van der Waals surface area contributed by atoms with Crippen LogP contribution in [-0.2, 0) is 14.0 Å². The summed E-state index contributed by atoms with van der Waals surface area (Å²) >= 11 is 0. The van der Waals surface area contributed by atoms with Crippen LogP contribution in [0.25, 0.3) is 11.3 Å². The molecular weight excluding hydrogens is 437 g/mol. The van der Waals surface area contributed by atoms with Crippen molar-refractivity contribution < 1.29 is 18.8 Å². The number of hydrogen-bond donors (Lipinski definition) is 1. The maximum Gasteiger partial charge on any atom is 0.494 e. The molecule has 2 aliphatic rings. The van der Waals surface area contributed by atoms with Crippen LogP contribution in [-0.4, -0.2) is 51.4 Å². The topological polar surface area (TPSA) is 76.7 Å². The first-order chi connectivity index (χ1) is 14.9. The highest BCUT2D eigenvalue weighted by Crippen LogP contribution is 2.37. The summed E-state index contributed by atoms with van der Waals surface area (Å²) in [6.45, 7) is 14.5. The number of ether oxygens (including phenoxy) is 1. The lowest BCUT2D eigenvalue weighted by atomic mass is 9.79. The van der Waals surface area contributed by atoms with E-state index in [0.29, 0.717) is 6.54 Å². The van der Waals surface area contributed by atoms with Crippen LogP contribution in [0.5, 0.6) is 0 Å². The Kier molecular flexibility index (Phi) is 7.00. The second-order valence-electron chi connectivity index (χ2n) is 10.7. The molecule has 2 fully saturated rings. The fourth-order valence-electron chi connectivity index (χ4n) is 4.04. The minimum absolute atomic E-state index is 0. The minimum Gasteiger partial charge on any atom is -0.444 e. The summed E-state index contributed by atoms with van der Waals surface area (Å²) in [4.78, 5) is 22.4. The SMILES string of the molecule is CC(C)(C)OC(=O)N1CCC[C@H]1c1ncc(-c2ccc(B3OC(C)(C)C(C)(C)O3)cc2)[nH]1.S. The van der Waals surface area contributed by atoms with Gasteiger partial charge in [-0.3, -0.25) is 4.90 Å². The molecule has 0 aliphatic carbocycles. The number of hydrogen-bond acceptors (Lipinski definition) is 5. The van der Waals surface area contributed by atoms with Crippen molar-refractivity contribution in [3.05, 3.63) is 36.3 Å². The Morgan fingerprint density at radius 3 is 2.33 bits per heavy atom. The number of carbonyl (C=O) groups is 1. The minimum atomic E-state index is -0.516. The molecule has 33 heavy (non-hydrogen) atoms. The van der Waals surface area contributed by atoms with Crippen LogP contribution in [0.2, 0.25) is 0 Å². The number of imidazole rings is 1. The number of H-pyrrole nitrogens is 1. The molecule has 2 saturated heterocycles. The summed E-state index contributed by atoms with van der Waals surface area (Å²) in [6, 6.07) is 8.04. The smallest absolute Gasteiger partial charge is 0.444 e. The molecule has 0 bridgehead atoms. The van der Waals surface area contributed by atoms with Gasteiger partial charge in [-0.1, -0.05) is 24.3 Å². The first-order valence-electron chi connectivity index (χ1n) is 11.4. The number of aromatic nitrogens is 2. The molecule has 1 aromatic carbocycles. The van der Waals surface area contributed by atoms with Crippen molar-refractivity contribution in [3.63, 3.8) is 0 Å². The molecule has 1 atom stereocenters. The summed E-state index contributed by atoms with van der Waals surface area (Å²) in [5.74, 6) is 0.790. The fourth-order valence-corrected chi connectivity index (χ4v) is 4.04. The molecule has 2 aliphatic heterocycles. The molecular formula is C24H36BN3O4S. The van der Waals surface area contributed by atoms with Crippen LogP contribution < -0.4 is 5.46 Å². The van der Waals surface area contributed by atoms with Gasteiger partial charge in [0.25, 0.3) is 0 Å². The molecule has 0 saturated carbocycles. The molecule has 180 valence electrons. The largest absolute Gasteiger partial charge is 0.494 e. The Hall–Kier alpha value is -1.97. The number of nitrogens with one attached hydrogen (secondary N) is 1. The second kappa shape index (κ2) is 9.00. The van der Waals surface area contributed by atoms with E-state index in [0.717, 1.165) is 35.4 Å². The zero-order chi connectivity index (χ0) is 23.3. The van der Waals surface area contributed by atoms with Crippen molar-refractivity contribution >= 4 is 32.2 Å². The van der Waals surface area contributed by atoms with Crippen molar-refractivity contribution in [2.45, 2.75) is 84.2 Å². The van der Waals surface area contributed by atoms with E-state index in [2.05, 4.69) is 37.7 Å². The highest BCUT2D eigenvalue weighted by atomic mass is 32.1. The predicted octanol–water partition coefficient (Wildman–Crippen LogP) is 4.56. The van der Waals surface area contributed by atoms with Crippen molar-refractivity contribution in [2.24, 2.45) is 0 Å². The Morgan fingerprint density at radius 1 is 1.15 bits per heavy atom. The van der Waals surface area contributed by atoms with Crippen LogP contribution in [0.4, 0.5) is 4.79 Å². The van der Waals surface area contributed by atoms with Crippen molar-refractivity contribution in [3.8, 4) is 11.3 Å². The Balaban J connectivity index is 0.00000306. The first kappa shape index (κ1) is 25.7. The van der Waals surface area contributed by atoms with Crippen molar-refractivity contribution in [2.75, 3.05) is 6.54 Å². The van der Waals surface area contributed by atoms with Gasteiger partial charge in [-0.2, -0.15) is 13.5 Å². The molecule has 0 radical (unpaired) electrons. The lowest BCUT2D eigenvalue weighted by Gasteiger charge is -2.32. The summed E-state index contributed by atoms with van der Waals surface area (Å²) in [7, 11) is -0.382. The van der Waals surface area contributed by atoms with Crippen molar-refractivity contribution in [1.29, 1.82) is 0 Å². The number of likely N-dealkylation sites (tertiary alicyclic amines) is 1. The molecule has 2 aromatic rings. The normalized spacial score (nSPS) is 21.7. The number of benzene rings is 1. The highest BCUT2D eigenvalue weighted by Gasteiger charge is 2.51. The summed E-state index contributed by atoms with van der Waals surface area (Å²) in [5.41, 5.74) is 1.67. The van der Waals surface area contributed by atoms with E-state index >= 15 is 0 Å². The van der Waals surface area contributed by atoms with E-state index in [1.807, 2.05) is 51.2 Å². The van der Waals surface area contributed by atoms with Crippen LogP contribution in [0.3, 0.4) is 0 Å². The molecule has 4 rings (SSSR count). The van der Waals surface area contributed by atoms with E-state index in [1.54, 1.807) is 4.90 Å². The summed E-state index contributed by atoms with van der Waals surface area (Å²) in [6.07, 6.45) is 3.34. The average molecular weight is 473 g/mol. The lowest BCUT2D eigenvalue weighted by molar-refractivity contribution is 0.00578. The maximum absolute atomic E-state index is 12.6. The van der Waals surface area contributed by atoms with Gasteiger partial charge in [-0.25, -0.2) is 9.78 Å². The Bertz CT molecular complexity index is 968. The average Bonchev–Trinajstić information content (AvgIpc) is 3.38. The van der Waals surface area contributed by atoms with E-state index in [4.69, 9.17) is 14.0 Å². The number of aromatic amines is 1. The van der Waals surface area contributed by atoms with Gasteiger partial charge in [0, 0.05) is 6.54 Å². The van der Waals surface area contributed by atoms with Crippen LogP contribution in [0.1, 0.15) is 73.2 Å². The zero-order valence-corrected chi connectivity index (χ0v) is 21.7. The van der Waals surface area contributed by atoms with Gasteiger partial charge in [0.2, 0.25) is 0 Å². The number of rotatable bonds is 3. The fraction of sp³-hybridized carbons (Fsp3) is 0.583. The van der Waals surface area contributed by atoms with E-state index in [1.165, 1.54) is 0 Å². The second-order valence-corrected chi connectivity index (χ2v) is 10.7. The molecule has 3 heterocycles. The van der Waals surface area contributed by atoms with Gasteiger partial charge < -0.3 is 19.0 Å². The van der Waals surface area contributed by atoms with Crippen molar-refractivity contribution in [1.82, 2.24) is 14.9 Å². The van der Waals surface area contributed by atoms with E-state index < -0.39 is 5.60 Å². The number of nitrogens with zero attached hydrogens (tertiary/aromatic N) is 2. The summed E-state index contributed by atoms with van der Waals surface area (Å²) < 4.78 is 17.9. The van der Waals surface area contributed by atoms with E-state index in [9.17, 15) is 4.79 Å². The molecule has 0 spiro atoms. The maximum atomic E-state index is 12.6. The molecule has 0 unspecified atom stereocenters. The van der Waals surface area contributed by atoms with Gasteiger partial charge in [0.1, 0.15) is 11.4 Å². The first-order valence-corrected chi connectivity index (χ1v) is 11.4. The van der Waals surface area contributed by atoms with Crippen LogP contribution in [0, 0.1) is 0 Å². The third kappa shape index (κ3) is 5.25. The van der Waals surface area contributed by atoms with Gasteiger partial charge >= 0.3 is 13.2 Å². The predicted molar refractivity (Wildman–Crippen MR) is 135 cm³/mol. The molecule has 1 amide bonds. The summed E-state index contributed by atoms with van der Waals surface area (Å²) in [5, 5.41) is 0. The molecule has 7 nitrogen and oxygen atoms in total.